The second kappa shape index (κ2) is 8.11. The molecule has 7 heteroatoms. The lowest BCUT2D eigenvalue weighted by Crippen LogP contribution is -2.46. The molecule has 116 valence electrons. The summed E-state index contributed by atoms with van der Waals surface area (Å²) in [5, 5.41) is 14.9. The fraction of sp³-hybridized carbons (Fsp3) is 0.500. The molecular weight excluding hydrogens is 292 g/mol. The molecule has 1 aliphatic heterocycles. The largest absolute Gasteiger partial charge is 0.493 e. The lowest BCUT2D eigenvalue weighted by Gasteiger charge is -2.22. The third kappa shape index (κ3) is 4.52. The van der Waals surface area contributed by atoms with Gasteiger partial charge >= 0.3 is 0 Å². The molecule has 1 aromatic carbocycles. The molecule has 6 nitrogen and oxygen atoms in total. The highest BCUT2D eigenvalue weighted by Crippen LogP contribution is 2.30. The minimum atomic E-state index is -0.173. The van der Waals surface area contributed by atoms with Crippen molar-refractivity contribution < 1.29 is 19.4 Å². The van der Waals surface area contributed by atoms with Gasteiger partial charge in [-0.2, -0.15) is 11.8 Å². The summed E-state index contributed by atoms with van der Waals surface area (Å²) < 4.78 is 10.6. The topological polar surface area (TPSA) is 79.8 Å². The van der Waals surface area contributed by atoms with Gasteiger partial charge in [-0.3, -0.25) is 4.79 Å². The van der Waals surface area contributed by atoms with Crippen LogP contribution in [0.15, 0.2) is 18.2 Å². The highest BCUT2D eigenvalue weighted by atomic mass is 32.2. The maximum Gasteiger partial charge on any atom is 0.242 e. The SMILES string of the molecule is COc1ccc(NC(=O)C2CSCCN2)cc1OCCO. The second-order valence-corrected chi connectivity index (χ2v) is 5.66. The zero-order valence-electron chi connectivity index (χ0n) is 11.9. The Balaban J connectivity index is 2.03. The predicted molar refractivity (Wildman–Crippen MR) is 83.3 cm³/mol. The Kier molecular flexibility index (Phi) is 6.16. The van der Waals surface area contributed by atoms with E-state index >= 15 is 0 Å². The number of aliphatic hydroxyl groups excluding tert-OH is 1. The number of amides is 1. The van der Waals surface area contributed by atoms with Crippen molar-refractivity contribution in [3.05, 3.63) is 18.2 Å². The standard InChI is InChI=1S/C14H20N2O4S/c1-19-12-3-2-10(8-13(12)20-6-5-17)16-14(18)11-9-21-7-4-15-11/h2-3,8,11,15,17H,4-7,9H2,1H3,(H,16,18). The van der Waals surface area contributed by atoms with Gasteiger partial charge < -0.3 is 25.2 Å². The van der Waals surface area contributed by atoms with E-state index in [0.29, 0.717) is 17.2 Å². The zero-order chi connectivity index (χ0) is 15.1. The highest BCUT2D eigenvalue weighted by molar-refractivity contribution is 7.99. The van der Waals surface area contributed by atoms with Gasteiger partial charge in [0.1, 0.15) is 6.61 Å². The third-order valence-corrected chi connectivity index (χ3v) is 4.08. The van der Waals surface area contributed by atoms with Gasteiger partial charge in [0.25, 0.3) is 0 Å². The summed E-state index contributed by atoms with van der Waals surface area (Å²) in [7, 11) is 1.54. The van der Waals surface area contributed by atoms with Crippen LogP contribution >= 0.6 is 11.8 Å². The number of nitrogens with one attached hydrogen (secondary N) is 2. The number of thioether (sulfide) groups is 1. The number of aliphatic hydroxyl groups is 1. The first-order chi connectivity index (χ1) is 10.2. The number of carbonyl (C=O) groups is 1. The Bertz CT molecular complexity index is 478. The molecule has 0 radical (unpaired) electrons. The molecular formula is C14H20N2O4S. The molecule has 1 unspecified atom stereocenters. The molecule has 0 aromatic heterocycles. The van der Waals surface area contributed by atoms with Crippen LogP contribution < -0.4 is 20.1 Å². The van der Waals surface area contributed by atoms with Crippen LogP contribution in [0.3, 0.4) is 0 Å². The van der Waals surface area contributed by atoms with Crippen molar-refractivity contribution in [3.63, 3.8) is 0 Å². The van der Waals surface area contributed by atoms with Crippen molar-refractivity contribution in [3.8, 4) is 11.5 Å². The van der Waals surface area contributed by atoms with Gasteiger partial charge in [-0.05, 0) is 12.1 Å². The maximum absolute atomic E-state index is 12.1. The van der Waals surface area contributed by atoms with Crippen LogP contribution in [0.1, 0.15) is 0 Å². The first-order valence-electron chi connectivity index (χ1n) is 6.78. The summed E-state index contributed by atoms with van der Waals surface area (Å²) in [6.07, 6.45) is 0. The Morgan fingerprint density at radius 3 is 3.05 bits per heavy atom. The number of rotatable bonds is 6. The van der Waals surface area contributed by atoms with E-state index in [2.05, 4.69) is 10.6 Å². The van der Waals surface area contributed by atoms with Crippen LogP contribution in [0.5, 0.6) is 11.5 Å². The Labute approximate surface area is 128 Å². The molecule has 0 bridgehead atoms. The first-order valence-corrected chi connectivity index (χ1v) is 7.93. The quantitative estimate of drug-likeness (QED) is 0.718. The van der Waals surface area contributed by atoms with Crippen LogP contribution in [-0.2, 0) is 4.79 Å². The van der Waals surface area contributed by atoms with Crippen molar-refractivity contribution in [1.82, 2.24) is 5.32 Å². The first kappa shape index (κ1) is 15.9. The highest BCUT2D eigenvalue weighted by Gasteiger charge is 2.21. The van der Waals surface area contributed by atoms with Crippen LogP contribution in [0.2, 0.25) is 0 Å². The molecule has 1 heterocycles. The Morgan fingerprint density at radius 2 is 2.38 bits per heavy atom. The second-order valence-electron chi connectivity index (χ2n) is 4.51. The molecule has 3 N–H and O–H groups in total. The van der Waals surface area contributed by atoms with Crippen LogP contribution in [0.4, 0.5) is 5.69 Å². The molecule has 2 rings (SSSR count). The van der Waals surface area contributed by atoms with Gasteiger partial charge in [-0.1, -0.05) is 0 Å². The lowest BCUT2D eigenvalue weighted by atomic mass is 10.2. The third-order valence-electron chi connectivity index (χ3n) is 3.02. The van der Waals surface area contributed by atoms with Gasteiger partial charge in [0, 0.05) is 29.8 Å². The molecule has 1 fully saturated rings. The zero-order valence-corrected chi connectivity index (χ0v) is 12.7. The molecule has 21 heavy (non-hydrogen) atoms. The summed E-state index contributed by atoms with van der Waals surface area (Å²) in [5.41, 5.74) is 0.645. The van der Waals surface area contributed by atoms with Crippen molar-refractivity contribution in [2.75, 3.05) is 43.7 Å². The van der Waals surface area contributed by atoms with E-state index in [4.69, 9.17) is 14.6 Å². The minimum Gasteiger partial charge on any atom is -0.493 e. The van der Waals surface area contributed by atoms with E-state index in [9.17, 15) is 4.79 Å². The summed E-state index contributed by atoms with van der Waals surface area (Å²) in [4.78, 5) is 12.1. The van der Waals surface area contributed by atoms with E-state index in [1.54, 1.807) is 37.1 Å². The molecule has 0 aliphatic carbocycles. The minimum absolute atomic E-state index is 0.0551. The smallest absolute Gasteiger partial charge is 0.242 e. The molecule has 0 saturated carbocycles. The number of carbonyl (C=O) groups excluding carboxylic acids is 1. The summed E-state index contributed by atoms with van der Waals surface area (Å²) >= 11 is 1.77. The number of hydrogen-bond acceptors (Lipinski definition) is 6. The summed E-state index contributed by atoms with van der Waals surface area (Å²) in [6, 6.07) is 5.01. The molecule has 1 aliphatic rings. The number of anilines is 1. The number of benzene rings is 1. The normalized spacial score (nSPS) is 18.1. The van der Waals surface area contributed by atoms with Crippen LogP contribution in [-0.4, -0.2) is 55.4 Å². The average molecular weight is 312 g/mol. The number of hydrogen-bond donors (Lipinski definition) is 3. The van der Waals surface area contributed by atoms with Crippen molar-refractivity contribution >= 4 is 23.4 Å². The summed E-state index contributed by atoms with van der Waals surface area (Å²) in [6.45, 7) is 0.938. The van der Waals surface area contributed by atoms with Gasteiger partial charge in [0.15, 0.2) is 11.5 Å². The number of ether oxygens (including phenoxy) is 2. The molecule has 1 atom stereocenters. The molecule has 1 saturated heterocycles. The predicted octanol–water partition coefficient (Wildman–Crippen LogP) is 0.710. The average Bonchev–Trinajstić information content (AvgIpc) is 2.54. The van der Waals surface area contributed by atoms with Gasteiger partial charge in [-0.25, -0.2) is 0 Å². The molecule has 0 spiro atoms. The van der Waals surface area contributed by atoms with E-state index < -0.39 is 0 Å². The van der Waals surface area contributed by atoms with Gasteiger partial charge in [0.2, 0.25) is 5.91 Å². The van der Waals surface area contributed by atoms with Crippen molar-refractivity contribution in [2.45, 2.75) is 6.04 Å². The summed E-state index contributed by atoms with van der Waals surface area (Å²) in [5.74, 6) is 2.81. The van der Waals surface area contributed by atoms with Gasteiger partial charge in [0.05, 0.1) is 19.8 Å². The van der Waals surface area contributed by atoms with Crippen molar-refractivity contribution in [1.29, 1.82) is 0 Å². The fourth-order valence-corrected chi connectivity index (χ4v) is 2.92. The van der Waals surface area contributed by atoms with E-state index in [-0.39, 0.29) is 25.2 Å². The maximum atomic E-state index is 12.1. The van der Waals surface area contributed by atoms with Gasteiger partial charge in [-0.15, -0.1) is 0 Å². The van der Waals surface area contributed by atoms with Crippen molar-refractivity contribution in [2.24, 2.45) is 0 Å². The van der Waals surface area contributed by atoms with Crippen LogP contribution in [0, 0.1) is 0 Å². The monoisotopic (exact) mass is 312 g/mol. The van der Waals surface area contributed by atoms with E-state index in [0.717, 1.165) is 18.1 Å². The van der Waals surface area contributed by atoms with E-state index in [1.807, 2.05) is 0 Å². The van der Waals surface area contributed by atoms with E-state index in [1.165, 1.54) is 0 Å². The lowest BCUT2D eigenvalue weighted by molar-refractivity contribution is -0.117. The number of methoxy groups -OCH3 is 1. The van der Waals surface area contributed by atoms with Crippen LogP contribution in [0.25, 0.3) is 0 Å². The fourth-order valence-electron chi connectivity index (χ4n) is 1.99. The Hall–Kier alpha value is -1.44. The molecule has 1 aromatic rings. The Morgan fingerprint density at radius 1 is 1.52 bits per heavy atom. The molecule has 1 amide bonds.